The molecule has 1 aliphatic rings. The van der Waals surface area contributed by atoms with Crippen LogP contribution in [0.2, 0.25) is 0 Å². The molecule has 0 amide bonds. The number of nitrogens with one attached hydrogen (secondary N) is 1. The van der Waals surface area contributed by atoms with Gasteiger partial charge in [0.15, 0.2) is 5.96 Å². The Labute approximate surface area is 129 Å². The molecule has 0 aromatic carbocycles. The average Bonchev–Trinajstić information content (AvgIpc) is 2.33. The van der Waals surface area contributed by atoms with E-state index in [9.17, 15) is 0 Å². The highest BCUT2D eigenvalue weighted by Gasteiger charge is 2.20. The molecular weight excluding hydrogens is 337 g/mol. The van der Waals surface area contributed by atoms with Gasteiger partial charge in [-0.2, -0.15) is 0 Å². The van der Waals surface area contributed by atoms with Crippen LogP contribution in [0.15, 0.2) is 17.6 Å². The molecule has 1 rings (SSSR count). The van der Waals surface area contributed by atoms with Crippen molar-refractivity contribution >= 4 is 29.9 Å². The molecule has 106 valence electrons. The molecule has 4 heteroatoms. The minimum atomic E-state index is 0. The normalized spacial score (nSPS) is 24.1. The zero-order chi connectivity index (χ0) is 12.7. The lowest BCUT2D eigenvalue weighted by molar-refractivity contribution is 0.250. The van der Waals surface area contributed by atoms with Crippen molar-refractivity contribution < 1.29 is 0 Å². The summed E-state index contributed by atoms with van der Waals surface area (Å²) in [6.45, 7) is 7.97. The van der Waals surface area contributed by atoms with Gasteiger partial charge in [0.1, 0.15) is 0 Å². The Hall–Kier alpha value is -0.260. The number of rotatable bonds is 4. The molecule has 0 unspecified atom stereocenters. The van der Waals surface area contributed by atoms with Gasteiger partial charge in [-0.1, -0.05) is 25.8 Å². The first-order valence-corrected chi connectivity index (χ1v) is 6.70. The number of hydrogen-bond donors (Lipinski definition) is 1. The van der Waals surface area contributed by atoms with Crippen LogP contribution in [0.5, 0.6) is 0 Å². The van der Waals surface area contributed by atoms with E-state index < -0.39 is 0 Å². The molecule has 0 aromatic rings. The van der Waals surface area contributed by atoms with Crippen LogP contribution >= 0.6 is 24.0 Å². The summed E-state index contributed by atoms with van der Waals surface area (Å²) in [5.41, 5.74) is 0. The third-order valence-corrected chi connectivity index (χ3v) is 3.65. The van der Waals surface area contributed by atoms with Crippen molar-refractivity contribution in [2.24, 2.45) is 16.8 Å². The maximum absolute atomic E-state index is 4.29. The van der Waals surface area contributed by atoms with Gasteiger partial charge in [0.2, 0.25) is 0 Å². The molecule has 18 heavy (non-hydrogen) atoms. The fourth-order valence-electron chi connectivity index (χ4n) is 2.53. The topological polar surface area (TPSA) is 27.6 Å². The smallest absolute Gasteiger partial charge is 0.193 e. The van der Waals surface area contributed by atoms with Gasteiger partial charge in [0, 0.05) is 27.2 Å². The maximum Gasteiger partial charge on any atom is 0.193 e. The molecule has 0 saturated heterocycles. The van der Waals surface area contributed by atoms with E-state index in [1.165, 1.54) is 25.7 Å². The first-order chi connectivity index (χ1) is 8.17. The minimum Gasteiger partial charge on any atom is -0.353 e. The summed E-state index contributed by atoms with van der Waals surface area (Å²) in [6.07, 6.45) is 7.36. The second-order valence-electron chi connectivity index (χ2n) is 5.22. The molecule has 0 bridgehead atoms. The number of guanidine groups is 1. The second kappa shape index (κ2) is 9.64. The number of hydrogen-bond acceptors (Lipinski definition) is 1. The minimum absolute atomic E-state index is 0. The molecule has 0 radical (unpaired) electrons. The first kappa shape index (κ1) is 17.7. The van der Waals surface area contributed by atoms with Crippen LogP contribution in [0.25, 0.3) is 0 Å². The van der Waals surface area contributed by atoms with Crippen LogP contribution in [-0.4, -0.2) is 38.0 Å². The Bertz CT molecular complexity index is 258. The average molecular weight is 365 g/mol. The van der Waals surface area contributed by atoms with Crippen LogP contribution in [0.4, 0.5) is 0 Å². The molecule has 1 saturated carbocycles. The fraction of sp³-hybridized carbons (Fsp3) is 0.786. The van der Waals surface area contributed by atoms with Crippen LogP contribution < -0.4 is 5.32 Å². The summed E-state index contributed by atoms with van der Waals surface area (Å²) in [5.74, 6) is 2.73. The summed E-state index contributed by atoms with van der Waals surface area (Å²) in [6, 6.07) is 0. The maximum atomic E-state index is 4.29. The lowest BCUT2D eigenvalue weighted by Crippen LogP contribution is -2.41. The van der Waals surface area contributed by atoms with Gasteiger partial charge in [0.25, 0.3) is 0 Å². The van der Waals surface area contributed by atoms with Crippen molar-refractivity contribution in [2.45, 2.75) is 32.6 Å². The molecule has 1 N–H and O–H groups in total. The van der Waals surface area contributed by atoms with Gasteiger partial charge < -0.3 is 10.2 Å². The van der Waals surface area contributed by atoms with E-state index in [4.69, 9.17) is 0 Å². The predicted octanol–water partition coefficient (Wildman–Crippen LogP) is 3.12. The van der Waals surface area contributed by atoms with Gasteiger partial charge in [0.05, 0.1) is 0 Å². The van der Waals surface area contributed by atoms with Crippen molar-refractivity contribution in [3.63, 3.8) is 0 Å². The Morgan fingerprint density at radius 1 is 1.39 bits per heavy atom. The van der Waals surface area contributed by atoms with E-state index >= 15 is 0 Å². The highest BCUT2D eigenvalue weighted by atomic mass is 127. The monoisotopic (exact) mass is 365 g/mol. The van der Waals surface area contributed by atoms with E-state index in [0.717, 1.165) is 30.9 Å². The summed E-state index contributed by atoms with van der Waals surface area (Å²) in [4.78, 5) is 6.53. The van der Waals surface area contributed by atoms with Gasteiger partial charge in [-0.15, -0.1) is 30.6 Å². The van der Waals surface area contributed by atoms with E-state index in [2.05, 4.69) is 35.8 Å². The first-order valence-electron chi connectivity index (χ1n) is 6.70. The second-order valence-corrected chi connectivity index (χ2v) is 5.22. The third-order valence-electron chi connectivity index (χ3n) is 3.65. The van der Waals surface area contributed by atoms with E-state index in [1.807, 2.05) is 13.1 Å². The van der Waals surface area contributed by atoms with Gasteiger partial charge in [-0.25, -0.2) is 0 Å². The molecule has 0 atom stereocenters. The van der Waals surface area contributed by atoms with E-state index in [1.54, 1.807) is 0 Å². The highest BCUT2D eigenvalue weighted by molar-refractivity contribution is 14.0. The zero-order valence-corrected chi connectivity index (χ0v) is 14.3. The Kier molecular flexibility index (Phi) is 9.50. The third kappa shape index (κ3) is 6.07. The molecular formula is C14H28IN3. The van der Waals surface area contributed by atoms with Crippen LogP contribution in [0, 0.1) is 11.8 Å². The SMILES string of the molecule is C=CCNC(=NC)N(C)CC1CCC(C)CC1.I. The van der Waals surface area contributed by atoms with Gasteiger partial charge in [-0.3, -0.25) is 4.99 Å². The molecule has 0 aliphatic heterocycles. The largest absolute Gasteiger partial charge is 0.353 e. The summed E-state index contributed by atoms with van der Waals surface area (Å²) < 4.78 is 0. The van der Waals surface area contributed by atoms with E-state index in [-0.39, 0.29) is 24.0 Å². The lowest BCUT2D eigenvalue weighted by Gasteiger charge is -2.31. The van der Waals surface area contributed by atoms with E-state index in [0.29, 0.717) is 0 Å². The van der Waals surface area contributed by atoms with Crippen molar-refractivity contribution in [1.82, 2.24) is 10.2 Å². The Morgan fingerprint density at radius 2 is 2.00 bits per heavy atom. The van der Waals surface area contributed by atoms with Gasteiger partial charge in [-0.05, 0) is 24.7 Å². The van der Waals surface area contributed by atoms with Crippen molar-refractivity contribution in [1.29, 1.82) is 0 Å². The van der Waals surface area contributed by atoms with Crippen molar-refractivity contribution in [3.05, 3.63) is 12.7 Å². The number of halogens is 1. The van der Waals surface area contributed by atoms with Crippen LogP contribution in [0.3, 0.4) is 0 Å². The molecule has 0 heterocycles. The molecule has 1 fully saturated rings. The van der Waals surface area contributed by atoms with Crippen LogP contribution in [0.1, 0.15) is 32.6 Å². The molecule has 1 aliphatic carbocycles. The van der Waals surface area contributed by atoms with Gasteiger partial charge >= 0.3 is 0 Å². The summed E-state index contributed by atoms with van der Waals surface area (Å²) in [7, 11) is 3.96. The Balaban J connectivity index is 0.00000289. The van der Waals surface area contributed by atoms with Crippen LogP contribution in [-0.2, 0) is 0 Å². The quantitative estimate of drug-likeness (QED) is 0.359. The van der Waals surface area contributed by atoms with Crippen molar-refractivity contribution in [2.75, 3.05) is 27.2 Å². The zero-order valence-electron chi connectivity index (χ0n) is 12.0. The summed E-state index contributed by atoms with van der Waals surface area (Å²) >= 11 is 0. The number of nitrogens with zero attached hydrogens (tertiary/aromatic N) is 2. The highest BCUT2D eigenvalue weighted by Crippen LogP contribution is 2.28. The standard InChI is InChI=1S/C14H27N3.HI/c1-5-10-16-14(15-3)17(4)11-13-8-6-12(2)7-9-13;/h5,12-13H,1,6-11H2,2-4H3,(H,15,16);1H. The lowest BCUT2D eigenvalue weighted by atomic mass is 9.83. The number of aliphatic imine (C=N–C) groups is 1. The molecule has 3 nitrogen and oxygen atoms in total. The van der Waals surface area contributed by atoms with Crippen molar-refractivity contribution in [3.8, 4) is 0 Å². The molecule has 0 aromatic heterocycles. The Morgan fingerprint density at radius 3 is 2.50 bits per heavy atom. The summed E-state index contributed by atoms with van der Waals surface area (Å²) in [5, 5.41) is 3.28. The molecule has 0 spiro atoms. The predicted molar refractivity (Wildman–Crippen MR) is 90.7 cm³/mol. The fourth-order valence-corrected chi connectivity index (χ4v) is 2.53.